The molecule has 0 aliphatic carbocycles. The summed E-state index contributed by atoms with van der Waals surface area (Å²) in [5.74, 6) is 0.401. The van der Waals surface area contributed by atoms with Crippen LogP contribution in [0.2, 0.25) is 0 Å². The summed E-state index contributed by atoms with van der Waals surface area (Å²) < 4.78 is 10.6. The zero-order valence-corrected chi connectivity index (χ0v) is 15.1. The number of likely N-dealkylation sites (tertiary alicyclic amines) is 1. The van der Waals surface area contributed by atoms with E-state index in [1.165, 1.54) is 0 Å². The van der Waals surface area contributed by atoms with Crippen LogP contribution >= 0.6 is 0 Å². The van der Waals surface area contributed by atoms with Crippen molar-refractivity contribution in [2.24, 2.45) is 0 Å². The average molecular weight is 353 g/mol. The molecule has 1 atom stereocenters. The predicted octanol–water partition coefficient (Wildman–Crippen LogP) is 3.24. The Morgan fingerprint density at radius 3 is 2.38 bits per heavy atom. The lowest BCUT2D eigenvalue weighted by atomic mass is 10.1. The third-order valence-electron chi connectivity index (χ3n) is 4.61. The van der Waals surface area contributed by atoms with Crippen molar-refractivity contribution in [2.45, 2.75) is 39.0 Å². The molecule has 5 heteroatoms. The highest BCUT2D eigenvalue weighted by atomic mass is 16.5. The van der Waals surface area contributed by atoms with Crippen molar-refractivity contribution in [2.75, 3.05) is 7.11 Å². The van der Waals surface area contributed by atoms with Crippen LogP contribution in [-0.4, -0.2) is 29.9 Å². The molecule has 0 radical (unpaired) electrons. The van der Waals surface area contributed by atoms with Crippen molar-refractivity contribution < 1.29 is 19.1 Å². The molecule has 1 amide bonds. The van der Waals surface area contributed by atoms with Crippen molar-refractivity contribution >= 4 is 11.9 Å². The lowest BCUT2D eigenvalue weighted by Crippen LogP contribution is -2.39. The minimum absolute atomic E-state index is 0.0156. The summed E-state index contributed by atoms with van der Waals surface area (Å²) in [6.45, 7) is 2.63. The monoisotopic (exact) mass is 353 g/mol. The Morgan fingerprint density at radius 2 is 1.73 bits per heavy atom. The highest BCUT2D eigenvalue weighted by Gasteiger charge is 2.37. The van der Waals surface area contributed by atoms with Crippen LogP contribution in [0, 0.1) is 6.92 Å². The van der Waals surface area contributed by atoms with Gasteiger partial charge in [0.1, 0.15) is 18.4 Å². The molecule has 1 saturated heterocycles. The van der Waals surface area contributed by atoms with E-state index in [1.54, 1.807) is 12.0 Å². The number of carbonyl (C=O) groups is 2. The highest BCUT2D eigenvalue weighted by Crippen LogP contribution is 2.24. The van der Waals surface area contributed by atoms with Gasteiger partial charge in [0.25, 0.3) is 0 Å². The molecule has 2 aromatic carbocycles. The van der Waals surface area contributed by atoms with Crippen molar-refractivity contribution in [1.82, 2.24) is 4.90 Å². The number of methoxy groups -OCH3 is 1. The molecule has 0 aromatic heterocycles. The number of ether oxygens (including phenoxy) is 2. The van der Waals surface area contributed by atoms with E-state index in [1.807, 2.05) is 55.5 Å². The molecule has 1 heterocycles. The molecule has 0 unspecified atom stereocenters. The lowest BCUT2D eigenvalue weighted by molar-refractivity contribution is -0.153. The van der Waals surface area contributed by atoms with Crippen LogP contribution in [0.1, 0.15) is 29.5 Å². The van der Waals surface area contributed by atoms with Gasteiger partial charge in [0, 0.05) is 13.0 Å². The topological polar surface area (TPSA) is 55.8 Å². The molecule has 0 N–H and O–H groups in total. The Labute approximate surface area is 153 Å². The molecular formula is C21H23NO4. The molecule has 136 valence electrons. The van der Waals surface area contributed by atoms with Gasteiger partial charge in [-0.25, -0.2) is 4.79 Å². The maximum atomic E-state index is 12.5. The van der Waals surface area contributed by atoms with Crippen molar-refractivity contribution in [1.29, 1.82) is 0 Å². The van der Waals surface area contributed by atoms with Crippen molar-refractivity contribution in [3.8, 4) is 5.75 Å². The number of benzene rings is 2. The van der Waals surface area contributed by atoms with E-state index in [-0.39, 0.29) is 18.5 Å². The van der Waals surface area contributed by atoms with Gasteiger partial charge in [0.15, 0.2) is 0 Å². The highest BCUT2D eigenvalue weighted by molar-refractivity contribution is 5.88. The summed E-state index contributed by atoms with van der Waals surface area (Å²) in [5.41, 5.74) is 3.06. The second-order valence-corrected chi connectivity index (χ2v) is 6.52. The zero-order valence-electron chi connectivity index (χ0n) is 15.1. The van der Waals surface area contributed by atoms with Crippen molar-refractivity contribution in [3.05, 3.63) is 65.2 Å². The molecule has 1 aliphatic heterocycles. The van der Waals surface area contributed by atoms with Gasteiger partial charge in [0.2, 0.25) is 5.91 Å². The molecule has 3 rings (SSSR count). The molecule has 5 nitrogen and oxygen atoms in total. The number of hydrogen-bond donors (Lipinski definition) is 0. The number of hydrogen-bond acceptors (Lipinski definition) is 4. The Hall–Kier alpha value is -2.82. The van der Waals surface area contributed by atoms with Gasteiger partial charge >= 0.3 is 5.97 Å². The quantitative estimate of drug-likeness (QED) is 0.748. The lowest BCUT2D eigenvalue weighted by Gasteiger charge is -2.23. The summed E-state index contributed by atoms with van der Waals surface area (Å²) in [7, 11) is 1.61. The first kappa shape index (κ1) is 18.0. The van der Waals surface area contributed by atoms with Gasteiger partial charge in [-0.15, -0.1) is 0 Å². The number of esters is 1. The number of nitrogens with zero attached hydrogens (tertiary/aromatic N) is 1. The molecule has 26 heavy (non-hydrogen) atoms. The molecule has 1 fully saturated rings. The van der Waals surface area contributed by atoms with E-state index in [2.05, 4.69) is 0 Å². The minimum atomic E-state index is -0.518. The Balaban J connectivity index is 1.62. The Bertz CT molecular complexity index is 768. The number of aryl methyl sites for hydroxylation is 1. The van der Waals surface area contributed by atoms with Crippen LogP contribution in [0.5, 0.6) is 5.75 Å². The van der Waals surface area contributed by atoms with E-state index in [4.69, 9.17) is 9.47 Å². The first-order valence-electron chi connectivity index (χ1n) is 8.71. The van der Waals surface area contributed by atoms with Crippen LogP contribution in [-0.2, 0) is 27.5 Å². The maximum absolute atomic E-state index is 12.5. The van der Waals surface area contributed by atoms with Gasteiger partial charge < -0.3 is 14.4 Å². The van der Waals surface area contributed by atoms with Gasteiger partial charge in [-0.3, -0.25) is 4.79 Å². The van der Waals surface area contributed by atoms with Crippen LogP contribution in [0.25, 0.3) is 0 Å². The first-order valence-corrected chi connectivity index (χ1v) is 8.71. The number of amides is 1. The van der Waals surface area contributed by atoms with E-state index in [9.17, 15) is 9.59 Å². The van der Waals surface area contributed by atoms with Crippen LogP contribution in [0.3, 0.4) is 0 Å². The molecule has 0 spiro atoms. The molecule has 1 aliphatic rings. The zero-order chi connectivity index (χ0) is 18.5. The van der Waals surface area contributed by atoms with Gasteiger partial charge in [-0.2, -0.15) is 0 Å². The minimum Gasteiger partial charge on any atom is -0.497 e. The normalized spacial score (nSPS) is 16.6. The molecule has 0 saturated carbocycles. The number of carbonyl (C=O) groups excluding carboxylic acids is 2. The molecule has 0 bridgehead atoms. The van der Waals surface area contributed by atoms with E-state index < -0.39 is 6.04 Å². The largest absolute Gasteiger partial charge is 0.497 e. The average Bonchev–Trinajstić information content (AvgIpc) is 3.02. The maximum Gasteiger partial charge on any atom is 0.329 e. The van der Waals surface area contributed by atoms with Crippen molar-refractivity contribution in [3.63, 3.8) is 0 Å². The van der Waals surface area contributed by atoms with Crippen LogP contribution in [0.4, 0.5) is 0 Å². The summed E-state index contributed by atoms with van der Waals surface area (Å²) in [5, 5.41) is 0. The SMILES string of the molecule is COc1ccc(CN2C(=O)CC[C@H]2C(=O)OCc2ccc(C)cc2)cc1. The smallest absolute Gasteiger partial charge is 0.329 e. The van der Waals surface area contributed by atoms with Crippen LogP contribution < -0.4 is 4.74 Å². The standard InChI is InChI=1S/C21H23NO4/c1-15-3-5-17(6-4-15)14-26-21(24)19-11-12-20(23)22(19)13-16-7-9-18(25-2)10-8-16/h3-10,19H,11-14H2,1-2H3/t19-/m0/s1. The van der Waals surface area contributed by atoms with E-state index in [0.29, 0.717) is 19.4 Å². The predicted molar refractivity (Wildman–Crippen MR) is 97.5 cm³/mol. The Morgan fingerprint density at radius 1 is 1.08 bits per heavy atom. The fourth-order valence-electron chi connectivity index (χ4n) is 3.04. The summed E-state index contributed by atoms with van der Waals surface area (Å²) in [4.78, 5) is 26.3. The fourth-order valence-corrected chi connectivity index (χ4v) is 3.04. The van der Waals surface area contributed by atoms with Gasteiger partial charge in [-0.1, -0.05) is 42.0 Å². The second-order valence-electron chi connectivity index (χ2n) is 6.52. The summed E-state index contributed by atoms with van der Waals surface area (Å²) >= 11 is 0. The van der Waals surface area contributed by atoms with E-state index >= 15 is 0 Å². The third-order valence-corrected chi connectivity index (χ3v) is 4.61. The molecule has 2 aromatic rings. The van der Waals surface area contributed by atoms with Gasteiger partial charge in [0.05, 0.1) is 7.11 Å². The second kappa shape index (κ2) is 8.04. The van der Waals surface area contributed by atoms with E-state index in [0.717, 1.165) is 22.4 Å². The third kappa shape index (κ3) is 4.23. The van der Waals surface area contributed by atoms with Gasteiger partial charge in [-0.05, 0) is 36.6 Å². The fraction of sp³-hybridized carbons (Fsp3) is 0.333. The van der Waals surface area contributed by atoms with Crippen LogP contribution in [0.15, 0.2) is 48.5 Å². The number of rotatable bonds is 6. The molecular weight excluding hydrogens is 330 g/mol. The first-order chi connectivity index (χ1) is 12.6. The Kier molecular flexibility index (Phi) is 5.56. The summed E-state index contributed by atoms with van der Waals surface area (Å²) in [6.07, 6.45) is 0.877. The summed E-state index contributed by atoms with van der Waals surface area (Å²) in [6, 6.07) is 14.8.